The first-order chi connectivity index (χ1) is 12.1. The third-order valence-corrected chi connectivity index (χ3v) is 4.86. The van der Waals surface area contributed by atoms with Gasteiger partial charge in [-0.3, -0.25) is 0 Å². The Morgan fingerprint density at radius 3 is 2.68 bits per heavy atom. The van der Waals surface area contributed by atoms with Gasteiger partial charge < -0.3 is 19.7 Å². The van der Waals surface area contributed by atoms with Crippen LogP contribution in [0.1, 0.15) is 12.2 Å². The van der Waals surface area contributed by atoms with Crippen LogP contribution in [0.3, 0.4) is 0 Å². The number of para-hydroxylation sites is 1. The van der Waals surface area contributed by atoms with Crippen LogP contribution in [0.25, 0.3) is 0 Å². The van der Waals surface area contributed by atoms with Crippen molar-refractivity contribution < 1.29 is 4.79 Å². The lowest BCUT2D eigenvalue weighted by molar-refractivity contribution is 0.194. The largest absolute Gasteiger partial charge is 0.367 e. The Bertz CT molecular complexity index is 709. The van der Waals surface area contributed by atoms with Crippen molar-refractivity contribution in [3.8, 4) is 0 Å². The molecular weight excluding hydrogens is 338 g/mol. The summed E-state index contributed by atoms with van der Waals surface area (Å²) in [4.78, 5) is 20.6. The molecule has 0 atom stereocenters. The highest BCUT2D eigenvalue weighted by atomic mass is 35.5. The topological polar surface area (TPSA) is 53.4 Å². The molecule has 1 aliphatic heterocycles. The predicted molar refractivity (Wildman–Crippen MR) is 100 cm³/mol. The van der Waals surface area contributed by atoms with Gasteiger partial charge in [0.2, 0.25) is 0 Å². The minimum Gasteiger partial charge on any atom is -0.367 e. The number of rotatable bonds is 5. The molecule has 0 saturated carbocycles. The summed E-state index contributed by atoms with van der Waals surface area (Å²) in [7, 11) is 0. The van der Waals surface area contributed by atoms with E-state index in [-0.39, 0.29) is 6.03 Å². The van der Waals surface area contributed by atoms with Gasteiger partial charge in [-0.2, -0.15) is 0 Å². The number of nitrogens with one attached hydrogen (secondary N) is 1. The second-order valence-electron chi connectivity index (χ2n) is 6.18. The molecule has 0 spiro atoms. The van der Waals surface area contributed by atoms with E-state index in [9.17, 15) is 4.79 Å². The molecule has 2 heterocycles. The number of halogens is 1. The number of amides is 2. The molecule has 1 aliphatic rings. The standard InChI is InChI=1S/C18H24ClN5O/c1-15-20-8-10-22(15)9-4-7-21-18(25)24-13-11-23(12-14-24)17-6-3-2-5-16(17)19/h2-3,5-6,8,10H,4,7,9,11-14H2,1H3,(H,21,25). The molecule has 1 fully saturated rings. The smallest absolute Gasteiger partial charge is 0.317 e. The number of aryl methyl sites for hydroxylation is 2. The van der Waals surface area contributed by atoms with Crippen LogP contribution < -0.4 is 10.2 Å². The van der Waals surface area contributed by atoms with Crippen molar-refractivity contribution in [3.05, 3.63) is 47.5 Å². The molecule has 1 saturated heterocycles. The summed E-state index contributed by atoms with van der Waals surface area (Å²) in [6, 6.07) is 7.86. The average molecular weight is 362 g/mol. The van der Waals surface area contributed by atoms with Crippen molar-refractivity contribution >= 4 is 23.3 Å². The molecule has 3 rings (SSSR count). The number of nitrogens with zero attached hydrogens (tertiary/aromatic N) is 4. The highest BCUT2D eigenvalue weighted by Crippen LogP contribution is 2.25. The molecule has 2 aromatic rings. The van der Waals surface area contributed by atoms with E-state index in [1.807, 2.05) is 42.3 Å². The number of anilines is 1. The van der Waals surface area contributed by atoms with Gasteiger partial charge in [-0.15, -0.1) is 0 Å². The monoisotopic (exact) mass is 361 g/mol. The van der Waals surface area contributed by atoms with Gasteiger partial charge in [0.25, 0.3) is 0 Å². The molecule has 2 amide bonds. The number of imidazole rings is 1. The number of hydrogen-bond donors (Lipinski definition) is 1. The highest BCUT2D eigenvalue weighted by molar-refractivity contribution is 6.33. The van der Waals surface area contributed by atoms with E-state index in [4.69, 9.17) is 11.6 Å². The van der Waals surface area contributed by atoms with Crippen LogP contribution in [-0.2, 0) is 6.54 Å². The van der Waals surface area contributed by atoms with Crippen molar-refractivity contribution in [3.63, 3.8) is 0 Å². The van der Waals surface area contributed by atoms with E-state index < -0.39 is 0 Å². The molecule has 1 aromatic heterocycles. The van der Waals surface area contributed by atoms with Gasteiger partial charge in [-0.1, -0.05) is 23.7 Å². The Morgan fingerprint density at radius 2 is 2.00 bits per heavy atom. The Hall–Kier alpha value is -2.21. The van der Waals surface area contributed by atoms with E-state index in [2.05, 4.69) is 19.8 Å². The predicted octanol–water partition coefficient (Wildman–Crippen LogP) is 2.77. The van der Waals surface area contributed by atoms with Crippen molar-refractivity contribution in [2.75, 3.05) is 37.6 Å². The first kappa shape index (κ1) is 17.6. The first-order valence-corrected chi connectivity index (χ1v) is 9.03. The number of aromatic nitrogens is 2. The third-order valence-electron chi connectivity index (χ3n) is 4.54. The van der Waals surface area contributed by atoms with Gasteiger partial charge in [0.05, 0.1) is 10.7 Å². The molecule has 0 radical (unpaired) electrons. The van der Waals surface area contributed by atoms with E-state index in [0.717, 1.165) is 42.6 Å². The second-order valence-corrected chi connectivity index (χ2v) is 6.59. The molecular formula is C18H24ClN5O. The summed E-state index contributed by atoms with van der Waals surface area (Å²) in [6.45, 7) is 6.52. The fourth-order valence-corrected chi connectivity index (χ4v) is 3.31. The van der Waals surface area contributed by atoms with E-state index >= 15 is 0 Å². The minimum atomic E-state index is 0.0150. The van der Waals surface area contributed by atoms with E-state index in [1.54, 1.807) is 6.20 Å². The van der Waals surface area contributed by atoms with Crippen LogP contribution in [-0.4, -0.2) is 53.2 Å². The van der Waals surface area contributed by atoms with E-state index in [0.29, 0.717) is 19.6 Å². The average Bonchev–Trinajstić information content (AvgIpc) is 3.04. The lowest BCUT2D eigenvalue weighted by Crippen LogP contribution is -2.52. The number of carbonyl (C=O) groups excluding carboxylic acids is 1. The fourth-order valence-electron chi connectivity index (χ4n) is 3.06. The van der Waals surface area contributed by atoms with Crippen LogP contribution in [0.4, 0.5) is 10.5 Å². The van der Waals surface area contributed by atoms with E-state index in [1.165, 1.54) is 0 Å². The quantitative estimate of drug-likeness (QED) is 0.833. The zero-order valence-corrected chi connectivity index (χ0v) is 15.2. The van der Waals surface area contributed by atoms with Gasteiger partial charge >= 0.3 is 6.03 Å². The number of piperazine rings is 1. The van der Waals surface area contributed by atoms with Gasteiger partial charge in [0.1, 0.15) is 5.82 Å². The Balaban J connectivity index is 1.40. The van der Waals surface area contributed by atoms with Crippen molar-refractivity contribution in [2.45, 2.75) is 19.9 Å². The molecule has 0 unspecified atom stereocenters. The third kappa shape index (κ3) is 4.45. The number of carbonyl (C=O) groups is 1. The fraction of sp³-hybridized carbons (Fsp3) is 0.444. The van der Waals surface area contributed by atoms with Gasteiger partial charge in [0, 0.05) is 51.7 Å². The summed E-state index contributed by atoms with van der Waals surface area (Å²) in [5, 5.41) is 3.77. The zero-order chi connectivity index (χ0) is 17.6. The SMILES string of the molecule is Cc1nccn1CCCNC(=O)N1CCN(c2ccccc2Cl)CC1. The number of urea groups is 1. The summed E-state index contributed by atoms with van der Waals surface area (Å²) >= 11 is 6.25. The number of benzene rings is 1. The van der Waals surface area contributed by atoms with Crippen LogP contribution in [0.2, 0.25) is 5.02 Å². The molecule has 1 aromatic carbocycles. The molecule has 25 heavy (non-hydrogen) atoms. The Kier molecular flexibility index (Phi) is 5.81. The van der Waals surface area contributed by atoms with Crippen molar-refractivity contribution in [2.24, 2.45) is 0 Å². The maximum atomic E-state index is 12.3. The van der Waals surface area contributed by atoms with Crippen molar-refractivity contribution in [1.82, 2.24) is 19.8 Å². The lowest BCUT2D eigenvalue weighted by atomic mass is 10.2. The molecule has 0 aliphatic carbocycles. The Labute approximate surface area is 153 Å². The molecule has 6 nitrogen and oxygen atoms in total. The van der Waals surface area contributed by atoms with Crippen molar-refractivity contribution in [1.29, 1.82) is 0 Å². The number of hydrogen-bond acceptors (Lipinski definition) is 3. The summed E-state index contributed by atoms with van der Waals surface area (Å²) in [5.41, 5.74) is 1.04. The molecule has 0 bridgehead atoms. The van der Waals surface area contributed by atoms with Crippen LogP contribution in [0.5, 0.6) is 0 Å². The summed E-state index contributed by atoms with van der Waals surface area (Å²) in [6.07, 6.45) is 4.65. The van der Waals surface area contributed by atoms with Gasteiger partial charge in [0.15, 0.2) is 0 Å². The molecule has 1 N–H and O–H groups in total. The van der Waals surface area contributed by atoms with Gasteiger partial charge in [-0.25, -0.2) is 9.78 Å². The summed E-state index contributed by atoms with van der Waals surface area (Å²) < 4.78 is 2.09. The van der Waals surface area contributed by atoms with Crippen LogP contribution >= 0.6 is 11.6 Å². The molecule has 7 heteroatoms. The first-order valence-electron chi connectivity index (χ1n) is 8.65. The lowest BCUT2D eigenvalue weighted by Gasteiger charge is -2.36. The second kappa shape index (κ2) is 8.25. The maximum absolute atomic E-state index is 12.3. The Morgan fingerprint density at radius 1 is 1.24 bits per heavy atom. The maximum Gasteiger partial charge on any atom is 0.317 e. The normalized spacial score (nSPS) is 14.6. The van der Waals surface area contributed by atoms with Crippen LogP contribution in [0, 0.1) is 6.92 Å². The minimum absolute atomic E-state index is 0.0150. The van der Waals surface area contributed by atoms with Crippen LogP contribution in [0.15, 0.2) is 36.7 Å². The highest BCUT2D eigenvalue weighted by Gasteiger charge is 2.21. The zero-order valence-electron chi connectivity index (χ0n) is 14.5. The van der Waals surface area contributed by atoms with Gasteiger partial charge in [-0.05, 0) is 25.5 Å². The molecule has 134 valence electrons. The summed E-state index contributed by atoms with van der Waals surface area (Å²) in [5.74, 6) is 1.00.